The van der Waals surface area contributed by atoms with Crippen LogP contribution in [0.25, 0.3) is 0 Å². The molecule has 1 aromatic rings. The monoisotopic (exact) mass is 270 g/mol. The highest BCUT2D eigenvalue weighted by molar-refractivity contribution is 6.33. The lowest BCUT2D eigenvalue weighted by Crippen LogP contribution is -2.35. The molecule has 0 bridgehead atoms. The van der Waals surface area contributed by atoms with Crippen molar-refractivity contribution in [1.82, 2.24) is 5.32 Å². The maximum atomic E-state index is 11.6. The number of carboxylic acids is 1. The number of para-hydroxylation sites is 1. The summed E-state index contributed by atoms with van der Waals surface area (Å²) < 4.78 is 0. The van der Waals surface area contributed by atoms with Gasteiger partial charge in [-0.1, -0.05) is 23.7 Å². The molecule has 0 saturated carbocycles. The second kappa shape index (κ2) is 6.98. The van der Waals surface area contributed by atoms with Crippen LogP contribution in [0.15, 0.2) is 24.3 Å². The number of amides is 1. The summed E-state index contributed by atoms with van der Waals surface area (Å²) in [5, 5.41) is 14.5. The molecule has 0 aliphatic rings. The minimum absolute atomic E-state index is 0.183. The van der Waals surface area contributed by atoms with Gasteiger partial charge < -0.3 is 15.7 Å². The fourth-order valence-electron chi connectivity index (χ4n) is 1.26. The Labute approximate surface area is 110 Å². The first-order valence-corrected chi connectivity index (χ1v) is 5.89. The third-order valence-corrected chi connectivity index (χ3v) is 2.65. The Morgan fingerprint density at radius 3 is 2.67 bits per heavy atom. The zero-order valence-corrected chi connectivity index (χ0v) is 10.7. The molecule has 1 rings (SSSR count). The SMILES string of the molecule is CC(NCCC(=O)Nc1ccccc1Cl)C(=O)O. The fourth-order valence-corrected chi connectivity index (χ4v) is 1.45. The van der Waals surface area contributed by atoms with Crippen LogP contribution in [0.4, 0.5) is 5.69 Å². The molecule has 1 amide bonds. The zero-order valence-electron chi connectivity index (χ0n) is 9.94. The van der Waals surface area contributed by atoms with E-state index in [-0.39, 0.29) is 12.3 Å². The number of hydrogen-bond donors (Lipinski definition) is 3. The van der Waals surface area contributed by atoms with Crippen LogP contribution in [0.3, 0.4) is 0 Å². The number of aliphatic carboxylic acids is 1. The predicted molar refractivity (Wildman–Crippen MR) is 69.8 cm³/mol. The van der Waals surface area contributed by atoms with E-state index in [1.807, 2.05) is 0 Å². The molecule has 1 atom stereocenters. The Morgan fingerprint density at radius 1 is 1.39 bits per heavy atom. The summed E-state index contributed by atoms with van der Waals surface area (Å²) in [5.41, 5.74) is 0.551. The van der Waals surface area contributed by atoms with E-state index in [2.05, 4.69) is 10.6 Å². The highest BCUT2D eigenvalue weighted by atomic mass is 35.5. The fraction of sp³-hybridized carbons (Fsp3) is 0.333. The van der Waals surface area contributed by atoms with E-state index in [9.17, 15) is 9.59 Å². The molecule has 18 heavy (non-hydrogen) atoms. The van der Waals surface area contributed by atoms with Crippen LogP contribution in [0.5, 0.6) is 0 Å². The Morgan fingerprint density at radius 2 is 2.06 bits per heavy atom. The largest absolute Gasteiger partial charge is 0.480 e. The first kappa shape index (κ1) is 14.5. The van der Waals surface area contributed by atoms with E-state index in [1.54, 1.807) is 24.3 Å². The third-order valence-electron chi connectivity index (χ3n) is 2.32. The van der Waals surface area contributed by atoms with E-state index in [0.29, 0.717) is 17.3 Å². The van der Waals surface area contributed by atoms with Gasteiger partial charge in [0.05, 0.1) is 10.7 Å². The molecule has 98 valence electrons. The van der Waals surface area contributed by atoms with Crippen molar-refractivity contribution in [2.24, 2.45) is 0 Å². The predicted octanol–water partition coefficient (Wildman–Crippen LogP) is 1.73. The van der Waals surface area contributed by atoms with Crippen molar-refractivity contribution in [3.05, 3.63) is 29.3 Å². The van der Waals surface area contributed by atoms with Gasteiger partial charge in [-0.15, -0.1) is 0 Å². The van der Waals surface area contributed by atoms with Gasteiger partial charge in [0, 0.05) is 13.0 Å². The van der Waals surface area contributed by atoms with Crippen molar-refractivity contribution in [2.75, 3.05) is 11.9 Å². The van der Waals surface area contributed by atoms with Crippen molar-refractivity contribution in [3.8, 4) is 0 Å². The van der Waals surface area contributed by atoms with Gasteiger partial charge in [0.1, 0.15) is 6.04 Å². The third kappa shape index (κ3) is 4.73. The number of carboxylic acid groups (broad SMARTS) is 1. The van der Waals surface area contributed by atoms with Crippen molar-refractivity contribution >= 4 is 29.2 Å². The molecule has 5 nitrogen and oxygen atoms in total. The molecule has 3 N–H and O–H groups in total. The van der Waals surface area contributed by atoms with Gasteiger partial charge in [0.15, 0.2) is 0 Å². The van der Waals surface area contributed by atoms with Crippen LogP contribution in [0.2, 0.25) is 5.02 Å². The molecule has 0 heterocycles. The van der Waals surface area contributed by atoms with Crippen molar-refractivity contribution in [2.45, 2.75) is 19.4 Å². The van der Waals surface area contributed by atoms with Crippen LogP contribution in [-0.4, -0.2) is 29.6 Å². The standard InChI is InChI=1S/C12H15ClN2O3/c1-8(12(17)18)14-7-6-11(16)15-10-5-3-2-4-9(10)13/h2-5,8,14H,6-7H2,1H3,(H,15,16)(H,17,18). The molecule has 0 aromatic heterocycles. The molecule has 0 aliphatic heterocycles. The lowest BCUT2D eigenvalue weighted by Gasteiger charge is -2.09. The molecule has 0 saturated heterocycles. The minimum atomic E-state index is -0.943. The zero-order chi connectivity index (χ0) is 13.5. The highest BCUT2D eigenvalue weighted by Crippen LogP contribution is 2.20. The second-order valence-corrected chi connectivity index (χ2v) is 4.20. The summed E-state index contributed by atoms with van der Waals surface area (Å²) in [6, 6.07) is 6.26. The van der Waals surface area contributed by atoms with Crippen LogP contribution < -0.4 is 10.6 Å². The lowest BCUT2D eigenvalue weighted by molar-refractivity contribution is -0.139. The smallest absolute Gasteiger partial charge is 0.320 e. The Bertz CT molecular complexity index is 437. The molecule has 0 spiro atoms. The van der Waals surface area contributed by atoms with Crippen molar-refractivity contribution in [1.29, 1.82) is 0 Å². The van der Waals surface area contributed by atoms with E-state index < -0.39 is 12.0 Å². The van der Waals surface area contributed by atoms with Crippen LogP contribution >= 0.6 is 11.6 Å². The summed E-state index contributed by atoms with van der Waals surface area (Å²) >= 11 is 5.89. The number of nitrogens with one attached hydrogen (secondary N) is 2. The van der Waals surface area contributed by atoms with E-state index in [1.165, 1.54) is 6.92 Å². The number of carbonyl (C=O) groups is 2. The molecule has 0 radical (unpaired) electrons. The van der Waals surface area contributed by atoms with Crippen LogP contribution in [0, 0.1) is 0 Å². The normalized spacial score (nSPS) is 11.9. The molecular formula is C12H15ClN2O3. The second-order valence-electron chi connectivity index (χ2n) is 3.79. The van der Waals surface area contributed by atoms with Gasteiger partial charge in [0.25, 0.3) is 0 Å². The maximum absolute atomic E-state index is 11.6. The molecule has 1 unspecified atom stereocenters. The average molecular weight is 271 g/mol. The van der Waals surface area contributed by atoms with E-state index in [4.69, 9.17) is 16.7 Å². The van der Waals surface area contributed by atoms with Gasteiger partial charge in [0.2, 0.25) is 5.91 Å². The molecular weight excluding hydrogens is 256 g/mol. The number of carbonyl (C=O) groups excluding carboxylic acids is 1. The highest BCUT2D eigenvalue weighted by Gasteiger charge is 2.10. The Balaban J connectivity index is 2.35. The summed E-state index contributed by atoms with van der Waals surface area (Å²) in [7, 11) is 0. The summed E-state index contributed by atoms with van der Waals surface area (Å²) in [5.74, 6) is -1.16. The number of benzene rings is 1. The van der Waals surface area contributed by atoms with Gasteiger partial charge >= 0.3 is 5.97 Å². The summed E-state index contributed by atoms with van der Waals surface area (Å²) in [6.45, 7) is 1.82. The first-order valence-electron chi connectivity index (χ1n) is 5.51. The van der Waals surface area contributed by atoms with Gasteiger partial charge in [-0.3, -0.25) is 9.59 Å². The summed E-state index contributed by atoms with van der Waals surface area (Å²) in [4.78, 5) is 22.1. The topological polar surface area (TPSA) is 78.4 Å². The quantitative estimate of drug-likeness (QED) is 0.736. The Hall–Kier alpha value is -1.59. The van der Waals surface area contributed by atoms with Crippen molar-refractivity contribution < 1.29 is 14.7 Å². The summed E-state index contributed by atoms with van der Waals surface area (Å²) in [6.07, 6.45) is 0.183. The van der Waals surface area contributed by atoms with Gasteiger partial charge in [-0.2, -0.15) is 0 Å². The van der Waals surface area contributed by atoms with Crippen molar-refractivity contribution in [3.63, 3.8) is 0 Å². The minimum Gasteiger partial charge on any atom is -0.480 e. The van der Waals surface area contributed by atoms with E-state index >= 15 is 0 Å². The van der Waals surface area contributed by atoms with Crippen LogP contribution in [0.1, 0.15) is 13.3 Å². The number of hydrogen-bond acceptors (Lipinski definition) is 3. The molecule has 6 heteroatoms. The maximum Gasteiger partial charge on any atom is 0.320 e. The van der Waals surface area contributed by atoms with Crippen LogP contribution in [-0.2, 0) is 9.59 Å². The number of halogens is 1. The molecule has 0 aliphatic carbocycles. The molecule has 0 fully saturated rings. The van der Waals surface area contributed by atoms with Gasteiger partial charge in [-0.25, -0.2) is 0 Å². The first-order chi connectivity index (χ1) is 8.50. The number of rotatable bonds is 6. The Kier molecular flexibility index (Phi) is 5.61. The van der Waals surface area contributed by atoms with E-state index in [0.717, 1.165) is 0 Å². The lowest BCUT2D eigenvalue weighted by atomic mass is 10.3. The molecule has 1 aromatic carbocycles. The average Bonchev–Trinajstić information content (AvgIpc) is 2.32. The van der Waals surface area contributed by atoms with Gasteiger partial charge in [-0.05, 0) is 19.1 Å². The number of anilines is 1.